The minimum atomic E-state index is -0.366. The number of nitrogens with zero attached hydrogens (tertiary/aromatic N) is 4. The Morgan fingerprint density at radius 2 is 2.17 bits per heavy atom. The van der Waals surface area contributed by atoms with Crippen molar-refractivity contribution in [2.24, 2.45) is 7.05 Å². The summed E-state index contributed by atoms with van der Waals surface area (Å²) in [6.07, 6.45) is 5.32. The van der Waals surface area contributed by atoms with E-state index in [0.29, 0.717) is 29.3 Å². The van der Waals surface area contributed by atoms with Crippen LogP contribution in [-0.2, 0) is 13.5 Å². The van der Waals surface area contributed by atoms with E-state index in [1.54, 1.807) is 42.3 Å². The fourth-order valence-corrected chi connectivity index (χ4v) is 3.34. The molecule has 0 spiro atoms. The van der Waals surface area contributed by atoms with Gasteiger partial charge in [0.05, 0.1) is 5.69 Å². The molecule has 29 heavy (non-hydrogen) atoms. The molecule has 8 nitrogen and oxygen atoms in total. The van der Waals surface area contributed by atoms with Gasteiger partial charge in [-0.25, -0.2) is 9.97 Å². The van der Waals surface area contributed by atoms with E-state index in [1.165, 1.54) is 6.33 Å². The molecular formula is C21H23N5O3. The second-order valence-corrected chi connectivity index (χ2v) is 7.71. The second-order valence-electron chi connectivity index (χ2n) is 7.71. The number of aromatic nitrogens is 4. The molecule has 1 amide bonds. The lowest BCUT2D eigenvalue weighted by molar-refractivity contribution is 0.102. The number of rotatable bonds is 5. The van der Waals surface area contributed by atoms with Gasteiger partial charge in [0.1, 0.15) is 29.5 Å². The van der Waals surface area contributed by atoms with Gasteiger partial charge >= 0.3 is 0 Å². The Morgan fingerprint density at radius 1 is 1.34 bits per heavy atom. The first-order chi connectivity index (χ1) is 13.8. The van der Waals surface area contributed by atoms with E-state index in [2.05, 4.69) is 20.4 Å². The number of carbonyl (C=O) groups excluding carboxylic acids is 1. The van der Waals surface area contributed by atoms with E-state index in [0.717, 1.165) is 11.3 Å². The Kier molecular flexibility index (Phi) is 4.70. The summed E-state index contributed by atoms with van der Waals surface area (Å²) < 4.78 is 13.9. The lowest BCUT2D eigenvalue weighted by Crippen LogP contribution is -2.24. The molecule has 4 rings (SSSR count). The molecule has 2 aromatic heterocycles. The summed E-state index contributed by atoms with van der Waals surface area (Å²) in [5.74, 6) is 1.48. The van der Waals surface area contributed by atoms with E-state index >= 15 is 0 Å². The van der Waals surface area contributed by atoms with Gasteiger partial charge in [0.2, 0.25) is 0 Å². The number of ether oxygens (including phenoxy) is 2. The normalized spacial score (nSPS) is 15.3. The predicted octanol–water partition coefficient (Wildman–Crippen LogP) is 3.32. The maximum Gasteiger partial charge on any atom is 0.257 e. The highest BCUT2D eigenvalue weighted by Crippen LogP contribution is 2.42. The minimum Gasteiger partial charge on any atom is -0.487 e. The first-order valence-electron chi connectivity index (χ1n) is 9.40. The lowest BCUT2D eigenvalue weighted by Gasteiger charge is -2.17. The van der Waals surface area contributed by atoms with Crippen molar-refractivity contribution in [2.45, 2.75) is 38.9 Å². The monoisotopic (exact) mass is 393 g/mol. The van der Waals surface area contributed by atoms with Gasteiger partial charge in [-0.05, 0) is 39.0 Å². The van der Waals surface area contributed by atoms with Crippen molar-refractivity contribution >= 4 is 11.7 Å². The highest BCUT2D eigenvalue weighted by atomic mass is 16.5. The Morgan fingerprint density at radius 3 is 2.86 bits per heavy atom. The van der Waals surface area contributed by atoms with Gasteiger partial charge in [-0.1, -0.05) is 0 Å². The molecule has 3 aromatic rings. The van der Waals surface area contributed by atoms with Gasteiger partial charge in [0.15, 0.2) is 5.82 Å². The lowest BCUT2D eigenvalue weighted by atomic mass is 9.99. The molecule has 0 saturated heterocycles. The maximum absolute atomic E-state index is 12.8. The summed E-state index contributed by atoms with van der Waals surface area (Å²) >= 11 is 0. The average molecular weight is 393 g/mol. The largest absolute Gasteiger partial charge is 0.487 e. The fourth-order valence-electron chi connectivity index (χ4n) is 3.34. The number of carbonyl (C=O) groups is 1. The molecule has 3 heterocycles. The zero-order valence-corrected chi connectivity index (χ0v) is 16.8. The Labute approximate surface area is 168 Å². The van der Waals surface area contributed by atoms with Crippen molar-refractivity contribution in [3.05, 3.63) is 59.8 Å². The van der Waals surface area contributed by atoms with Crippen molar-refractivity contribution in [3.63, 3.8) is 0 Å². The van der Waals surface area contributed by atoms with Crippen LogP contribution in [0.3, 0.4) is 0 Å². The van der Waals surface area contributed by atoms with Crippen molar-refractivity contribution in [3.8, 4) is 11.5 Å². The van der Waals surface area contributed by atoms with Crippen LogP contribution in [0.25, 0.3) is 0 Å². The van der Waals surface area contributed by atoms with E-state index < -0.39 is 0 Å². The Bertz CT molecular complexity index is 1050. The van der Waals surface area contributed by atoms with Gasteiger partial charge in [-0.2, -0.15) is 5.10 Å². The zero-order valence-electron chi connectivity index (χ0n) is 16.8. The number of amides is 1. The van der Waals surface area contributed by atoms with E-state index in [1.807, 2.05) is 26.8 Å². The molecule has 0 bridgehead atoms. The molecule has 150 valence electrons. The van der Waals surface area contributed by atoms with Crippen LogP contribution in [0.2, 0.25) is 0 Å². The third kappa shape index (κ3) is 4.06. The van der Waals surface area contributed by atoms with Crippen LogP contribution >= 0.6 is 0 Å². The summed E-state index contributed by atoms with van der Waals surface area (Å²) in [4.78, 5) is 21.0. The van der Waals surface area contributed by atoms with Crippen LogP contribution in [0, 0.1) is 0 Å². The van der Waals surface area contributed by atoms with Gasteiger partial charge in [-0.15, -0.1) is 0 Å². The number of fused-ring (bicyclic) bond motifs is 1. The summed E-state index contributed by atoms with van der Waals surface area (Å²) in [5, 5.41) is 6.99. The third-order valence-corrected chi connectivity index (χ3v) is 4.70. The number of hydrogen-bond donors (Lipinski definition) is 1. The second kappa shape index (κ2) is 7.20. The molecule has 1 unspecified atom stereocenters. The third-order valence-electron chi connectivity index (χ3n) is 4.70. The van der Waals surface area contributed by atoms with E-state index in [4.69, 9.17) is 9.47 Å². The number of hydrogen-bond acceptors (Lipinski definition) is 6. The van der Waals surface area contributed by atoms with Crippen LogP contribution < -0.4 is 14.8 Å². The summed E-state index contributed by atoms with van der Waals surface area (Å²) in [6.45, 7) is 5.94. The van der Waals surface area contributed by atoms with Crippen molar-refractivity contribution in [2.75, 3.05) is 5.32 Å². The van der Waals surface area contributed by atoms with Gasteiger partial charge in [0, 0.05) is 43.1 Å². The van der Waals surface area contributed by atoms with Crippen LogP contribution in [0.1, 0.15) is 48.5 Å². The predicted molar refractivity (Wildman–Crippen MR) is 107 cm³/mol. The molecule has 1 aromatic carbocycles. The number of aryl methyl sites for hydroxylation is 1. The van der Waals surface area contributed by atoms with Crippen molar-refractivity contribution in [1.29, 1.82) is 0 Å². The van der Waals surface area contributed by atoms with Crippen LogP contribution in [0.5, 0.6) is 11.5 Å². The molecule has 0 saturated carbocycles. The SMILES string of the molecule is CC(Oc1cc(C(=O)Nc2ccn(C)n2)cc2c1CC(C)(C)O2)c1ccncn1. The van der Waals surface area contributed by atoms with Crippen LogP contribution in [0.4, 0.5) is 5.82 Å². The molecule has 1 aliphatic rings. The first-order valence-corrected chi connectivity index (χ1v) is 9.40. The molecule has 1 atom stereocenters. The fraction of sp³-hybridized carbons (Fsp3) is 0.333. The quantitative estimate of drug-likeness (QED) is 0.715. The summed E-state index contributed by atoms with van der Waals surface area (Å²) in [6, 6.07) is 7.05. The number of benzene rings is 1. The average Bonchev–Trinajstić information content (AvgIpc) is 3.23. The van der Waals surface area contributed by atoms with Gasteiger partial charge < -0.3 is 14.8 Å². The van der Waals surface area contributed by atoms with Gasteiger partial charge in [0.25, 0.3) is 5.91 Å². The summed E-state index contributed by atoms with van der Waals surface area (Å²) in [5.41, 5.74) is 1.78. The Hall–Kier alpha value is -3.42. The van der Waals surface area contributed by atoms with Crippen molar-refractivity contribution in [1.82, 2.24) is 19.7 Å². The van der Waals surface area contributed by atoms with Crippen LogP contribution in [0.15, 0.2) is 43.0 Å². The van der Waals surface area contributed by atoms with Crippen LogP contribution in [-0.4, -0.2) is 31.3 Å². The zero-order chi connectivity index (χ0) is 20.6. The van der Waals surface area contributed by atoms with Crippen molar-refractivity contribution < 1.29 is 14.3 Å². The smallest absolute Gasteiger partial charge is 0.257 e. The molecule has 0 aliphatic carbocycles. The maximum atomic E-state index is 12.8. The van der Waals surface area contributed by atoms with E-state index in [9.17, 15) is 4.79 Å². The van der Waals surface area contributed by atoms with Gasteiger partial charge in [-0.3, -0.25) is 9.48 Å². The summed E-state index contributed by atoms with van der Waals surface area (Å²) in [7, 11) is 1.79. The molecule has 8 heteroatoms. The minimum absolute atomic E-state index is 0.278. The standard InChI is InChI=1S/C21H23N5O3/c1-13(16-5-7-22-12-23-16)28-17-9-14(10-18-15(17)11-21(2,3)29-18)20(27)24-19-6-8-26(4)25-19/h5-10,12-13H,11H2,1-4H3,(H,24,25,27). The van der Waals surface area contributed by atoms with E-state index in [-0.39, 0.29) is 17.6 Å². The molecule has 1 aliphatic heterocycles. The molecule has 1 N–H and O–H groups in total. The highest BCUT2D eigenvalue weighted by Gasteiger charge is 2.34. The first kappa shape index (κ1) is 18.9. The molecule has 0 fully saturated rings. The topological polar surface area (TPSA) is 91.2 Å². The molecular weight excluding hydrogens is 370 g/mol. The Balaban J connectivity index is 1.65. The number of nitrogens with one attached hydrogen (secondary N) is 1. The molecule has 0 radical (unpaired) electrons. The highest BCUT2D eigenvalue weighted by molar-refractivity contribution is 6.04. The number of anilines is 1.